The molecule has 0 saturated heterocycles. The Balaban J connectivity index is 2.14. The number of hydrogen-bond donors (Lipinski definition) is 0. The average Bonchev–Trinajstić information content (AvgIpc) is 2.45. The van der Waals surface area contributed by atoms with Gasteiger partial charge < -0.3 is 0 Å². The van der Waals surface area contributed by atoms with Gasteiger partial charge in [-0.3, -0.25) is 4.18 Å². The number of hydrogen-bond acceptors (Lipinski definition) is 3. The first-order valence-electron chi connectivity index (χ1n) is 7.24. The highest BCUT2D eigenvalue weighted by Gasteiger charge is 2.17. The summed E-state index contributed by atoms with van der Waals surface area (Å²) in [4.78, 5) is 0.185. The van der Waals surface area contributed by atoms with Crippen LogP contribution in [0.1, 0.15) is 37.5 Å². The molecule has 3 nitrogen and oxygen atoms in total. The summed E-state index contributed by atoms with van der Waals surface area (Å²) >= 11 is 0. The van der Waals surface area contributed by atoms with Crippen LogP contribution < -0.4 is 0 Å². The fourth-order valence-corrected chi connectivity index (χ4v) is 2.94. The van der Waals surface area contributed by atoms with E-state index in [0.717, 1.165) is 16.7 Å². The highest BCUT2D eigenvalue weighted by molar-refractivity contribution is 7.86. The van der Waals surface area contributed by atoms with Crippen LogP contribution in [0.2, 0.25) is 0 Å². The third kappa shape index (κ3) is 4.18. The van der Waals surface area contributed by atoms with E-state index in [1.807, 2.05) is 31.2 Å². The summed E-state index contributed by atoms with van der Waals surface area (Å²) in [5.74, 6) is 0. The summed E-state index contributed by atoms with van der Waals surface area (Å²) in [5.41, 5.74) is 3.03. The Labute approximate surface area is 133 Å². The molecule has 0 aliphatic rings. The molecule has 0 amide bonds. The van der Waals surface area contributed by atoms with Crippen molar-refractivity contribution in [2.24, 2.45) is 0 Å². The maximum Gasteiger partial charge on any atom is 0.297 e. The molecule has 0 aliphatic carbocycles. The van der Waals surface area contributed by atoms with Crippen LogP contribution in [0.4, 0.5) is 0 Å². The molecule has 0 radical (unpaired) electrons. The maximum absolute atomic E-state index is 12.2. The largest absolute Gasteiger partial charge is 0.297 e. The second-order valence-electron chi connectivity index (χ2n) is 6.48. The van der Waals surface area contributed by atoms with Gasteiger partial charge in [-0.1, -0.05) is 62.7 Å². The Kier molecular flexibility index (Phi) is 4.73. The van der Waals surface area contributed by atoms with Crippen molar-refractivity contribution in [3.05, 3.63) is 65.2 Å². The molecule has 22 heavy (non-hydrogen) atoms. The Morgan fingerprint density at radius 3 is 2.23 bits per heavy atom. The van der Waals surface area contributed by atoms with Gasteiger partial charge in [-0.25, -0.2) is 0 Å². The summed E-state index contributed by atoms with van der Waals surface area (Å²) in [7, 11) is -3.72. The lowest BCUT2D eigenvalue weighted by molar-refractivity contribution is 0.307. The first kappa shape index (κ1) is 16.7. The Morgan fingerprint density at radius 2 is 1.64 bits per heavy atom. The van der Waals surface area contributed by atoms with E-state index in [1.165, 1.54) is 0 Å². The molecular formula is C18H22O3S. The predicted molar refractivity (Wildman–Crippen MR) is 88.3 cm³/mol. The molecule has 2 rings (SSSR count). The predicted octanol–water partition coefficient (Wildman–Crippen LogP) is 4.20. The zero-order chi connectivity index (χ0) is 16.4. The first-order valence-corrected chi connectivity index (χ1v) is 8.65. The van der Waals surface area contributed by atoms with E-state index >= 15 is 0 Å². The molecule has 0 atom stereocenters. The Bertz CT molecular complexity index is 739. The standard InChI is InChI=1S/C18H22O3S/c1-14-8-10-17(11-9-14)22(19,20)21-13-15-6-5-7-16(12-15)18(2,3)4/h5-12H,13H2,1-4H3. The summed E-state index contributed by atoms with van der Waals surface area (Å²) < 4.78 is 29.5. The van der Waals surface area contributed by atoms with Crippen molar-refractivity contribution in [2.45, 2.75) is 44.6 Å². The SMILES string of the molecule is Cc1ccc(S(=O)(=O)OCc2cccc(C(C)(C)C)c2)cc1. The quantitative estimate of drug-likeness (QED) is 0.794. The fourth-order valence-electron chi connectivity index (χ4n) is 2.05. The van der Waals surface area contributed by atoms with E-state index in [-0.39, 0.29) is 16.9 Å². The van der Waals surface area contributed by atoms with Gasteiger partial charge in [0.2, 0.25) is 0 Å². The van der Waals surface area contributed by atoms with Gasteiger partial charge in [-0.15, -0.1) is 0 Å². The molecule has 0 heterocycles. The van der Waals surface area contributed by atoms with Crippen molar-refractivity contribution in [1.82, 2.24) is 0 Å². The highest BCUT2D eigenvalue weighted by atomic mass is 32.2. The van der Waals surface area contributed by atoms with Gasteiger partial charge in [0, 0.05) is 0 Å². The van der Waals surface area contributed by atoms with Gasteiger partial charge in [-0.05, 0) is 35.6 Å². The normalized spacial score (nSPS) is 12.4. The van der Waals surface area contributed by atoms with Crippen LogP contribution in [0.15, 0.2) is 53.4 Å². The van der Waals surface area contributed by atoms with E-state index in [9.17, 15) is 8.42 Å². The molecule has 0 fully saturated rings. The lowest BCUT2D eigenvalue weighted by Gasteiger charge is -2.19. The molecule has 0 aliphatic heterocycles. The van der Waals surface area contributed by atoms with Crippen LogP contribution in [-0.4, -0.2) is 8.42 Å². The molecular weight excluding hydrogens is 296 g/mol. The van der Waals surface area contributed by atoms with Crippen LogP contribution in [0.25, 0.3) is 0 Å². The minimum Gasteiger partial charge on any atom is -0.262 e. The van der Waals surface area contributed by atoms with E-state index in [1.54, 1.807) is 24.3 Å². The van der Waals surface area contributed by atoms with Gasteiger partial charge in [0.15, 0.2) is 0 Å². The van der Waals surface area contributed by atoms with Crippen LogP contribution in [0, 0.1) is 6.92 Å². The van der Waals surface area contributed by atoms with Gasteiger partial charge in [0.25, 0.3) is 10.1 Å². The van der Waals surface area contributed by atoms with Crippen LogP contribution in [0.3, 0.4) is 0 Å². The van der Waals surface area contributed by atoms with Crippen molar-refractivity contribution >= 4 is 10.1 Å². The van der Waals surface area contributed by atoms with Crippen molar-refractivity contribution < 1.29 is 12.6 Å². The zero-order valence-corrected chi connectivity index (χ0v) is 14.3. The summed E-state index contributed by atoms with van der Waals surface area (Å²) in [6.45, 7) is 8.32. The molecule has 2 aromatic carbocycles. The van der Waals surface area contributed by atoms with E-state index in [2.05, 4.69) is 20.8 Å². The average molecular weight is 318 g/mol. The van der Waals surface area contributed by atoms with Crippen molar-refractivity contribution in [3.8, 4) is 0 Å². The Morgan fingerprint density at radius 1 is 1.00 bits per heavy atom. The smallest absolute Gasteiger partial charge is 0.262 e. The summed E-state index contributed by atoms with van der Waals surface area (Å²) in [6.07, 6.45) is 0. The lowest BCUT2D eigenvalue weighted by atomic mass is 9.86. The zero-order valence-electron chi connectivity index (χ0n) is 13.5. The van der Waals surface area contributed by atoms with Crippen molar-refractivity contribution in [2.75, 3.05) is 0 Å². The third-order valence-corrected chi connectivity index (χ3v) is 4.76. The van der Waals surface area contributed by atoms with Crippen LogP contribution in [-0.2, 0) is 26.3 Å². The monoisotopic (exact) mass is 318 g/mol. The van der Waals surface area contributed by atoms with Crippen LogP contribution in [0.5, 0.6) is 0 Å². The molecule has 118 valence electrons. The van der Waals surface area contributed by atoms with E-state index in [4.69, 9.17) is 4.18 Å². The number of benzene rings is 2. The molecule has 0 bridgehead atoms. The molecule has 0 aromatic heterocycles. The number of rotatable bonds is 4. The van der Waals surface area contributed by atoms with E-state index in [0.29, 0.717) is 0 Å². The highest BCUT2D eigenvalue weighted by Crippen LogP contribution is 2.23. The second kappa shape index (κ2) is 6.23. The van der Waals surface area contributed by atoms with Crippen LogP contribution >= 0.6 is 0 Å². The minimum atomic E-state index is -3.72. The molecule has 0 unspecified atom stereocenters. The molecule has 2 aromatic rings. The van der Waals surface area contributed by atoms with Gasteiger partial charge >= 0.3 is 0 Å². The summed E-state index contributed by atoms with van der Waals surface area (Å²) in [6, 6.07) is 14.5. The fraction of sp³-hybridized carbons (Fsp3) is 0.333. The first-order chi connectivity index (χ1) is 10.2. The van der Waals surface area contributed by atoms with Crippen molar-refractivity contribution in [3.63, 3.8) is 0 Å². The third-order valence-electron chi connectivity index (χ3n) is 3.48. The molecule has 4 heteroatoms. The lowest BCUT2D eigenvalue weighted by Crippen LogP contribution is -2.12. The number of aryl methyl sites for hydroxylation is 1. The topological polar surface area (TPSA) is 43.4 Å². The molecule has 0 spiro atoms. The Hall–Kier alpha value is -1.65. The van der Waals surface area contributed by atoms with Gasteiger partial charge in [-0.2, -0.15) is 8.42 Å². The molecule has 0 N–H and O–H groups in total. The van der Waals surface area contributed by atoms with Crippen molar-refractivity contribution in [1.29, 1.82) is 0 Å². The maximum atomic E-state index is 12.2. The van der Waals surface area contributed by atoms with Gasteiger partial charge in [0.1, 0.15) is 0 Å². The van der Waals surface area contributed by atoms with Gasteiger partial charge in [0.05, 0.1) is 11.5 Å². The second-order valence-corrected chi connectivity index (χ2v) is 8.10. The molecule has 0 saturated carbocycles. The summed E-state index contributed by atoms with van der Waals surface area (Å²) in [5, 5.41) is 0. The minimum absolute atomic E-state index is 0.0197. The van der Waals surface area contributed by atoms with E-state index < -0.39 is 10.1 Å².